The molecule has 2 rings (SSSR count). The third-order valence-corrected chi connectivity index (χ3v) is 3.60. The molecule has 0 bridgehead atoms. The fraction of sp³-hybridized carbons (Fsp3) is 0.625. The van der Waals surface area contributed by atoms with E-state index in [2.05, 4.69) is 23.3 Å². The number of aromatic nitrogens is 1. The lowest BCUT2D eigenvalue weighted by Crippen LogP contribution is -2.14. The second-order valence-electron chi connectivity index (χ2n) is 5.20. The van der Waals surface area contributed by atoms with Gasteiger partial charge in [0, 0.05) is 18.8 Å². The van der Waals surface area contributed by atoms with E-state index in [0.717, 1.165) is 38.0 Å². The van der Waals surface area contributed by atoms with Crippen LogP contribution in [-0.2, 0) is 17.6 Å². The normalized spacial score (nSPS) is 13.6. The predicted octanol–water partition coefficient (Wildman–Crippen LogP) is 3.06. The van der Waals surface area contributed by atoms with Crippen LogP contribution in [0.25, 0.3) is 0 Å². The molecule has 0 saturated heterocycles. The average molecular weight is 273 g/mol. The van der Waals surface area contributed by atoms with Gasteiger partial charge in [0.05, 0.1) is 12.2 Å². The summed E-state index contributed by atoms with van der Waals surface area (Å²) in [5.74, 6) is 0.715. The summed E-state index contributed by atoms with van der Waals surface area (Å²) in [6, 6.07) is 4.24. The summed E-state index contributed by atoms with van der Waals surface area (Å²) >= 11 is 0. The molecule has 4 heteroatoms. The van der Waals surface area contributed by atoms with Gasteiger partial charge in [-0.2, -0.15) is 5.26 Å². The Morgan fingerprint density at radius 1 is 1.35 bits per heavy atom. The third-order valence-electron chi connectivity index (χ3n) is 3.60. The van der Waals surface area contributed by atoms with Crippen LogP contribution in [0.2, 0.25) is 0 Å². The summed E-state index contributed by atoms with van der Waals surface area (Å²) in [6.45, 7) is 4.31. The van der Waals surface area contributed by atoms with Gasteiger partial charge in [-0.05, 0) is 43.7 Å². The molecule has 0 atom stereocenters. The van der Waals surface area contributed by atoms with Crippen LogP contribution in [0.4, 0.5) is 5.82 Å². The highest BCUT2D eigenvalue weighted by molar-refractivity contribution is 5.54. The Morgan fingerprint density at radius 2 is 2.20 bits per heavy atom. The second kappa shape index (κ2) is 7.86. The molecule has 1 aromatic heterocycles. The van der Waals surface area contributed by atoms with Crippen molar-refractivity contribution in [3.63, 3.8) is 0 Å². The molecule has 1 N–H and O–H groups in total. The van der Waals surface area contributed by atoms with Crippen molar-refractivity contribution in [2.75, 3.05) is 25.1 Å². The van der Waals surface area contributed by atoms with Crippen LogP contribution < -0.4 is 5.32 Å². The minimum Gasteiger partial charge on any atom is -0.380 e. The molecule has 0 spiro atoms. The Balaban J connectivity index is 1.91. The van der Waals surface area contributed by atoms with E-state index in [9.17, 15) is 5.26 Å². The van der Waals surface area contributed by atoms with Gasteiger partial charge < -0.3 is 10.1 Å². The van der Waals surface area contributed by atoms with Crippen LogP contribution in [0, 0.1) is 11.3 Å². The first-order valence-corrected chi connectivity index (χ1v) is 7.59. The fourth-order valence-corrected chi connectivity index (χ4v) is 2.44. The number of nitriles is 1. The number of rotatable bonds is 7. The lowest BCUT2D eigenvalue weighted by Gasteiger charge is -2.17. The second-order valence-corrected chi connectivity index (χ2v) is 5.20. The maximum atomic E-state index is 9.23. The summed E-state index contributed by atoms with van der Waals surface area (Å²) in [7, 11) is 0. The minimum atomic E-state index is 0.652. The topological polar surface area (TPSA) is 57.9 Å². The fourth-order valence-electron chi connectivity index (χ4n) is 2.44. The van der Waals surface area contributed by atoms with E-state index in [1.807, 2.05) is 6.07 Å². The molecule has 0 radical (unpaired) electrons. The summed E-state index contributed by atoms with van der Waals surface area (Å²) in [5, 5.41) is 12.5. The van der Waals surface area contributed by atoms with Gasteiger partial charge in [0.25, 0.3) is 0 Å². The molecular weight excluding hydrogens is 250 g/mol. The van der Waals surface area contributed by atoms with Crippen molar-refractivity contribution in [2.24, 2.45) is 0 Å². The van der Waals surface area contributed by atoms with Crippen molar-refractivity contribution in [3.8, 4) is 6.07 Å². The lowest BCUT2D eigenvalue weighted by atomic mass is 9.95. The summed E-state index contributed by atoms with van der Waals surface area (Å²) < 4.78 is 5.51. The van der Waals surface area contributed by atoms with Crippen molar-refractivity contribution in [3.05, 3.63) is 22.9 Å². The van der Waals surface area contributed by atoms with Crippen LogP contribution >= 0.6 is 0 Å². The lowest BCUT2D eigenvalue weighted by molar-refractivity contribution is 0.141. The molecule has 4 nitrogen and oxygen atoms in total. The van der Waals surface area contributed by atoms with Crippen LogP contribution in [0.3, 0.4) is 0 Å². The van der Waals surface area contributed by atoms with Gasteiger partial charge in [-0.3, -0.25) is 0 Å². The number of unbranched alkanes of at least 4 members (excludes halogenated alkanes) is 1. The van der Waals surface area contributed by atoms with Gasteiger partial charge in [-0.1, -0.05) is 13.3 Å². The number of nitrogens with one attached hydrogen (secondary N) is 1. The van der Waals surface area contributed by atoms with Crippen molar-refractivity contribution in [1.82, 2.24) is 4.98 Å². The van der Waals surface area contributed by atoms with Gasteiger partial charge in [0.15, 0.2) is 0 Å². The molecule has 1 aliphatic rings. The molecule has 0 fully saturated rings. The van der Waals surface area contributed by atoms with E-state index in [1.54, 1.807) is 0 Å². The number of hydrogen-bond donors (Lipinski definition) is 1. The molecule has 1 aliphatic carbocycles. The first kappa shape index (κ1) is 14.8. The van der Waals surface area contributed by atoms with E-state index in [0.29, 0.717) is 24.5 Å². The Bertz CT molecular complexity index is 479. The standard InChI is InChI=1S/C16H23N3O/c1-2-3-9-20-10-8-18-16-14(12-17)11-13-6-4-5-7-15(13)19-16/h11H,2-10H2,1H3,(H,18,19). The Hall–Kier alpha value is -1.60. The summed E-state index contributed by atoms with van der Waals surface area (Å²) in [4.78, 5) is 4.63. The minimum absolute atomic E-state index is 0.652. The van der Waals surface area contributed by atoms with Crippen LogP contribution in [-0.4, -0.2) is 24.7 Å². The molecule has 0 aromatic carbocycles. The molecule has 108 valence electrons. The van der Waals surface area contributed by atoms with Gasteiger partial charge in [0.2, 0.25) is 0 Å². The van der Waals surface area contributed by atoms with Crippen molar-refractivity contribution < 1.29 is 4.74 Å². The van der Waals surface area contributed by atoms with E-state index < -0.39 is 0 Å². The predicted molar refractivity (Wildman–Crippen MR) is 79.8 cm³/mol. The molecule has 0 saturated carbocycles. The van der Waals surface area contributed by atoms with E-state index in [-0.39, 0.29) is 0 Å². The zero-order valence-electron chi connectivity index (χ0n) is 12.2. The van der Waals surface area contributed by atoms with Crippen LogP contribution in [0.15, 0.2) is 6.07 Å². The Morgan fingerprint density at radius 3 is 3.00 bits per heavy atom. The quantitative estimate of drug-likeness (QED) is 0.776. The molecule has 0 unspecified atom stereocenters. The number of nitrogens with zero attached hydrogens (tertiary/aromatic N) is 2. The SMILES string of the molecule is CCCCOCCNc1nc2c(cc1C#N)CCCC2. The van der Waals surface area contributed by atoms with E-state index >= 15 is 0 Å². The molecule has 0 amide bonds. The Labute approximate surface area is 121 Å². The van der Waals surface area contributed by atoms with Crippen molar-refractivity contribution in [1.29, 1.82) is 5.26 Å². The summed E-state index contributed by atoms with van der Waals surface area (Å²) in [5.41, 5.74) is 3.06. The highest BCUT2D eigenvalue weighted by Gasteiger charge is 2.14. The maximum absolute atomic E-state index is 9.23. The third kappa shape index (κ3) is 3.94. The molecule has 1 heterocycles. The number of ether oxygens (including phenoxy) is 1. The van der Waals surface area contributed by atoms with Gasteiger partial charge in [0.1, 0.15) is 11.9 Å². The Kier molecular flexibility index (Phi) is 5.82. The van der Waals surface area contributed by atoms with E-state index in [4.69, 9.17) is 4.74 Å². The summed E-state index contributed by atoms with van der Waals surface area (Å²) in [6.07, 6.45) is 6.74. The van der Waals surface area contributed by atoms with E-state index in [1.165, 1.54) is 18.4 Å². The number of pyridine rings is 1. The number of fused-ring (bicyclic) bond motifs is 1. The highest BCUT2D eigenvalue weighted by Crippen LogP contribution is 2.24. The molecule has 20 heavy (non-hydrogen) atoms. The first-order valence-electron chi connectivity index (χ1n) is 7.59. The molecule has 1 aromatic rings. The van der Waals surface area contributed by atoms with Gasteiger partial charge >= 0.3 is 0 Å². The average Bonchev–Trinajstić information content (AvgIpc) is 2.50. The van der Waals surface area contributed by atoms with Gasteiger partial charge in [-0.25, -0.2) is 4.98 Å². The smallest absolute Gasteiger partial charge is 0.144 e. The monoisotopic (exact) mass is 273 g/mol. The van der Waals surface area contributed by atoms with Gasteiger partial charge in [-0.15, -0.1) is 0 Å². The van der Waals surface area contributed by atoms with Crippen molar-refractivity contribution >= 4 is 5.82 Å². The zero-order valence-corrected chi connectivity index (χ0v) is 12.2. The number of hydrogen-bond acceptors (Lipinski definition) is 4. The highest BCUT2D eigenvalue weighted by atomic mass is 16.5. The first-order chi connectivity index (χ1) is 9.85. The van der Waals surface area contributed by atoms with Crippen LogP contribution in [0.5, 0.6) is 0 Å². The maximum Gasteiger partial charge on any atom is 0.144 e. The molecular formula is C16H23N3O. The zero-order chi connectivity index (χ0) is 14.2. The number of anilines is 1. The van der Waals surface area contributed by atoms with Crippen LogP contribution in [0.1, 0.15) is 49.4 Å². The molecule has 0 aliphatic heterocycles. The van der Waals surface area contributed by atoms with Crippen molar-refractivity contribution in [2.45, 2.75) is 45.4 Å². The largest absolute Gasteiger partial charge is 0.380 e. The number of aryl methyl sites for hydroxylation is 2.